The molecule has 2 aromatic carbocycles. The second-order valence-corrected chi connectivity index (χ2v) is 9.84. The molecule has 2 N–H and O–H groups in total. The Labute approximate surface area is 192 Å². The van der Waals surface area contributed by atoms with E-state index in [0.29, 0.717) is 41.6 Å². The number of nitrogens with one attached hydrogen (secondary N) is 2. The zero-order valence-electron chi connectivity index (χ0n) is 18.1. The first kappa shape index (κ1) is 21.2. The van der Waals surface area contributed by atoms with Crippen molar-refractivity contribution < 1.29 is 14.4 Å². The summed E-state index contributed by atoms with van der Waals surface area (Å²) in [5.41, 5.74) is 1.08. The van der Waals surface area contributed by atoms with Gasteiger partial charge in [-0.15, -0.1) is 0 Å². The van der Waals surface area contributed by atoms with Gasteiger partial charge in [-0.05, 0) is 42.5 Å². The minimum Gasteiger partial charge on any atom is -0.324 e. The van der Waals surface area contributed by atoms with E-state index in [2.05, 4.69) is 24.5 Å². The maximum Gasteiger partial charge on any atom is 0.250 e. The van der Waals surface area contributed by atoms with E-state index in [0.717, 1.165) is 5.56 Å². The van der Waals surface area contributed by atoms with E-state index < -0.39 is 17.4 Å². The van der Waals surface area contributed by atoms with Gasteiger partial charge in [0, 0.05) is 28.9 Å². The Morgan fingerprint density at radius 3 is 2.53 bits per heavy atom. The van der Waals surface area contributed by atoms with Crippen LogP contribution in [0.5, 0.6) is 0 Å². The van der Waals surface area contributed by atoms with Crippen LogP contribution in [0.25, 0.3) is 0 Å². The van der Waals surface area contributed by atoms with E-state index in [1.54, 1.807) is 18.2 Å². The van der Waals surface area contributed by atoms with Crippen molar-refractivity contribution in [2.24, 2.45) is 17.8 Å². The molecular weight excluding hydrogens is 426 g/mol. The molecule has 32 heavy (non-hydrogen) atoms. The number of benzene rings is 2. The molecule has 0 aromatic heterocycles. The zero-order chi connectivity index (χ0) is 22.6. The molecule has 2 aromatic rings. The van der Waals surface area contributed by atoms with Gasteiger partial charge in [0.2, 0.25) is 17.7 Å². The van der Waals surface area contributed by atoms with Gasteiger partial charge in [0.1, 0.15) is 5.54 Å². The van der Waals surface area contributed by atoms with Gasteiger partial charge in [-0.1, -0.05) is 55.8 Å². The topological polar surface area (TPSA) is 78.5 Å². The molecule has 0 aliphatic carbocycles. The summed E-state index contributed by atoms with van der Waals surface area (Å²) in [7, 11) is 0. The highest BCUT2D eigenvalue weighted by Gasteiger charge is 2.70. The summed E-state index contributed by atoms with van der Waals surface area (Å²) >= 11 is 6.28. The average Bonchev–Trinajstić information content (AvgIpc) is 3.32. The van der Waals surface area contributed by atoms with Crippen molar-refractivity contribution in [1.82, 2.24) is 10.2 Å². The first-order valence-corrected chi connectivity index (χ1v) is 11.5. The van der Waals surface area contributed by atoms with Gasteiger partial charge < -0.3 is 5.32 Å². The number of nitrogens with zero attached hydrogens (tertiary/aromatic N) is 1. The Morgan fingerprint density at radius 2 is 1.81 bits per heavy atom. The molecule has 3 heterocycles. The molecule has 0 radical (unpaired) electrons. The van der Waals surface area contributed by atoms with Gasteiger partial charge in [-0.25, -0.2) is 0 Å². The van der Waals surface area contributed by atoms with Crippen molar-refractivity contribution in [2.75, 3.05) is 11.9 Å². The summed E-state index contributed by atoms with van der Waals surface area (Å²) in [6.45, 7) is 4.47. The fourth-order valence-electron chi connectivity index (χ4n) is 5.65. The van der Waals surface area contributed by atoms with Gasteiger partial charge in [-0.3, -0.25) is 24.6 Å². The molecule has 3 aliphatic heterocycles. The van der Waals surface area contributed by atoms with Crippen molar-refractivity contribution in [3.63, 3.8) is 0 Å². The summed E-state index contributed by atoms with van der Waals surface area (Å²) in [4.78, 5) is 42.0. The van der Waals surface area contributed by atoms with E-state index >= 15 is 0 Å². The van der Waals surface area contributed by atoms with Crippen LogP contribution in [-0.4, -0.2) is 35.2 Å². The van der Waals surface area contributed by atoms with Crippen LogP contribution in [0.2, 0.25) is 5.02 Å². The number of carbonyl (C=O) groups is 3. The first-order chi connectivity index (χ1) is 15.3. The van der Waals surface area contributed by atoms with Crippen molar-refractivity contribution in [3.8, 4) is 0 Å². The van der Waals surface area contributed by atoms with Crippen molar-refractivity contribution in [2.45, 2.75) is 38.3 Å². The van der Waals surface area contributed by atoms with Gasteiger partial charge >= 0.3 is 0 Å². The smallest absolute Gasteiger partial charge is 0.250 e. The molecule has 2 unspecified atom stereocenters. The lowest BCUT2D eigenvalue weighted by Crippen LogP contribution is -2.53. The number of amides is 3. The third-order valence-electron chi connectivity index (χ3n) is 6.96. The molecule has 2 saturated heterocycles. The fraction of sp³-hybridized carbons (Fsp3) is 0.400. The molecule has 3 aliphatic rings. The van der Waals surface area contributed by atoms with Crippen LogP contribution in [-0.2, 0) is 26.3 Å². The van der Waals surface area contributed by atoms with Gasteiger partial charge in [-0.2, -0.15) is 0 Å². The molecule has 3 amide bonds. The molecule has 2 fully saturated rings. The maximum absolute atomic E-state index is 13.7. The Hall–Kier alpha value is -2.70. The minimum atomic E-state index is -1.28. The molecule has 4 atom stereocenters. The normalized spacial score (nSPS) is 28.6. The summed E-state index contributed by atoms with van der Waals surface area (Å²) < 4.78 is 0. The van der Waals surface area contributed by atoms with Crippen molar-refractivity contribution in [3.05, 3.63) is 64.7 Å². The van der Waals surface area contributed by atoms with Crippen LogP contribution in [0.3, 0.4) is 0 Å². The Balaban J connectivity index is 1.54. The van der Waals surface area contributed by atoms with Gasteiger partial charge in [0.05, 0.1) is 11.8 Å². The Bertz CT molecular complexity index is 1100. The highest BCUT2D eigenvalue weighted by molar-refractivity contribution is 6.31. The van der Waals surface area contributed by atoms with Crippen LogP contribution in [0.4, 0.5) is 5.69 Å². The van der Waals surface area contributed by atoms with Crippen LogP contribution >= 0.6 is 11.6 Å². The number of hydrogen-bond donors (Lipinski definition) is 2. The summed E-state index contributed by atoms with van der Waals surface area (Å²) in [5, 5.41) is 6.85. The van der Waals surface area contributed by atoms with Crippen LogP contribution in [0.15, 0.2) is 48.5 Å². The molecule has 7 heteroatoms. The summed E-state index contributed by atoms with van der Waals surface area (Å²) in [5.74, 6) is -1.81. The molecule has 0 saturated carbocycles. The monoisotopic (exact) mass is 451 g/mol. The Morgan fingerprint density at radius 1 is 1.06 bits per heavy atom. The number of hydrogen-bond acceptors (Lipinski definition) is 4. The number of halogens is 1. The standard InChI is InChI=1S/C25H26ClN3O3/c1-14(2)12-19-20-21(23(31)29(22(20)30)11-10-15-6-4-3-5-7-15)25(28-19)17-13-16(26)8-9-18(17)27-24(25)32/h3-9,13-14,19-21,28H,10-12H2,1-2H3,(H,27,32)/t19?,20-,21+,25?/m1/s1. The highest BCUT2D eigenvalue weighted by atomic mass is 35.5. The van der Waals surface area contributed by atoms with E-state index in [9.17, 15) is 14.4 Å². The number of fused-ring (bicyclic) bond motifs is 4. The second kappa shape index (κ2) is 7.71. The molecule has 0 bridgehead atoms. The van der Waals surface area contributed by atoms with E-state index in [1.165, 1.54) is 4.90 Å². The minimum absolute atomic E-state index is 0.186. The number of anilines is 1. The van der Waals surface area contributed by atoms with Gasteiger partial charge in [0.15, 0.2) is 0 Å². The number of rotatable bonds is 5. The SMILES string of the molecule is CC(C)CC1NC2(C(=O)Nc3ccc(Cl)cc32)[C@@H]2C(=O)N(CCc3ccccc3)C(=O)[C@H]12. The molecule has 166 valence electrons. The Kier molecular flexibility index (Phi) is 5.10. The largest absolute Gasteiger partial charge is 0.324 e. The second-order valence-electron chi connectivity index (χ2n) is 9.40. The number of carbonyl (C=O) groups excluding carboxylic acids is 3. The highest BCUT2D eigenvalue weighted by Crippen LogP contribution is 2.54. The number of likely N-dealkylation sites (tertiary alicyclic amines) is 1. The molecule has 6 nitrogen and oxygen atoms in total. The molecule has 1 spiro atoms. The van der Waals surface area contributed by atoms with E-state index in [-0.39, 0.29) is 23.8 Å². The summed E-state index contributed by atoms with van der Waals surface area (Å²) in [6, 6.07) is 14.7. The average molecular weight is 452 g/mol. The quantitative estimate of drug-likeness (QED) is 0.683. The van der Waals surface area contributed by atoms with Crippen molar-refractivity contribution in [1.29, 1.82) is 0 Å². The fourth-order valence-corrected chi connectivity index (χ4v) is 5.82. The first-order valence-electron chi connectivity index (χ1n) is 11.1. The third-order valence-corrected chi connectivity index (χ3v) is 7.20. The third kappa shape index (κ3) is 3.08. The van der Waals surface area contributed by atoms with Crippen molar-refractivity contribution >= 4 is 35.0 Å². The molecular formula is C25H26ClN3O3. The zero-order valence-corrected chi connectivity index (χ0v) is 18.9. The van der Waals surface area contributed by atoms with Crippen LogP contribution in [0.1, 0.15) is 31.4 Å². The predicted octanol–water partition coefficient (Wildman–Crippen LogP) is 3.35. The lowest BCUT2D eigenvalue weighted by Gasteiger charge is -2.30. The predicted molar refractivity (Wildman–Crippen MR) is 122 cm³/mol. The van der Waals surface area contributed by atoms with Crippen LogP contribution in [0, 0.1) is 17.8 Å². The van der Waals surface area contributed by atoms with Crippen LogP contribution < -0.4 is 10.6 Å². The lowest BCUT2D eigenvalue weighted by molar-refractivity contribution is -0.142. The summed E-state index contributed by atoms with van der Waals surface area (Å²) in [6.07, 6.45) is 1.28. The van der Waals surface area contributed by atoms with E-state index in [1.807, 2.05) is 30.3 Å². The molecule has 5 rings (SSSR count). The maximum atomic E-state index is 13.7. The number of imide groups is 1. The lowest BCUT2D eigenvalue weighted by atomic mass is 9.76. The van der Waals surface area contributed by atoms with E-state index in [4.69, 9.17) is 11.6 Å². The van der Waals surface area contributed by atoms with Gasteiger partial charge in [0.25, 0.3) is 0 Å².